The third-order valence-electron chi connectivity index (χ3n) is 3.98. The summed E-state index contributed by atoms with van der Waals surface area (Å²) in [6.07, 6.45) is 15.3. The van der Waals surface area contributed by atoms with E-state index in [0.717, 1.165) is 5.92 Å². The van der Waals surface area contributed by atoms with E-state index in [2.05, 4.69) is 45.9 Å². The molecule has 0 heterocycles. The third kappa shape index (κ3) is 3.50. The fraction of sp³-hybridized carbons (Fsp3) is 0.750. The monoisotopic (exact) mass is 220 g/mol. The first-order valence-corrected chi connectivity index (χ1v) is 7.00. The fourth-order valence-corrected chi connectivity index (χ4v) is 2.67. The third-order valence-corrected chi connectivity index (χ3v) is 3.98. The van der Waals surface area contributed by atoms with Gasteiger partial charge in [-0.1, -0.05) is 70.3 Å². The van der Waals surface area contributed by atoms with Crippen molar-refractivity contribution in [2.75, 3.05) is 0 Å². The Morgan fingerprint density at radius 3 is 2.50 bits per heavy atom. The van der Waals surface area contributed by atoms with Crippen LogP contribution in [0.25, 0.3) is 0 Å². The van der Waals surface area contributed by atoms with Gasteiger partial charge in [0, 0.05) is 0 Å². The molecular weight excluding hydrogens is 192 g/mol. The van der Waals surface area contributed by atoms with Crippen molar-refractivity contribution in [2.45, 2.75) is 66.2 Å². The second-order valence-electron chi connectivity index (χ2n) is 5.60. The normalized spacial score (nSPS) is 29.2. The predicted molar refractivity (Wildman–Crippen MR) is 73.5 cm³/mol. The highest BCUT2D eigenvalue weighted by Crippen LogP contribution is 2.41. The average molecular weight is 220 g/mol. The Labute approximate surface area is 102 Å². The van der Waals surface area contributed by atoms with Crippen LogP contribution in [-0.4, -0.2) is 0 Å². The van der Waals surface area contributed by atoms with E-state index in [1.165, 1.54) is 44.1 Å². The van der Waals surface area contributed by atoms with Gasteiger partial charge in [-0.15, -0.1) is 0 Å². The molecule has 0 fully saturated rings. The molecule has 16 heavy (non-hydrogen) atoms. The maximum Gasteiger partial charge on any atom is -0.00804 e. The van der Waals surface area contributed by atoms with Gasteiger partial charge in [-0.2, -0.15) is 0 Å². The highest BCUT2D eigenvalue weighted by atomic mass is 14.3. The lowest BCUT2D eigenvalue weighted by molar-refractivity contribution is 0.254. The molecule has 0 aromatic carbocycles. The topological polar surface area (TPSA) is 0 Å². The molecule has 0 radical (unpaired) electrons. The van der Waals surface area contributed by atoms with Crippen LogP contribution in [0.1, 0.15) is 66.2 Å². The van der Waals surface area contributed by atoms with Gasteiger partial charge < -0.3 is 0 Å². The summed E-state index contributed by atoms with van der Waals surface area (Å²) >= 11 is 0. The van der Waals surface area contributed by atoms with Gasteiger partial charge in [-0.3, -0.25) is 0 Å². The highest BCUT2D eigenvalue weighted by Gasteiger charge is 2.30. The minimum absolute atomic E-state index is 0.421. The number of allylic oxidation sites excluding steroid dienone is 4. The van der Waals surface area contributed by atoms with Crippen LogP contribution in [0.2, 0.25) is 0 Å². The molecule has 2 unspecified atom stereocenters. The minimum atomic E-state index is 0.421. The summed E-state index contributed by atoms with van der Waals surface area (Å²) in [5, 5.41) is 0. The van der Waals surface area contributed by atoms with Gasteiger partial charge in [0.05, 0.1) is 0 Å². The number of rotatable bonds is 6. The van der Waals surface area contributed by atoms with Crippen LogP contribution in [0.15, 0.2) is 23.8 Å². The van der Waals surface area contributed by atoms with Crippen molar-refractivity contribution in [3.8, 4) is 0 Å². The SMILES string of the molecule is CCCCC1C=C(C)C=CC1(C)CCCC. The highest BCUT2D eigenvalue weighted by molar-refractivity contribution is 5.26. The molecule has 0 amide bonds. The molecule has 1 aliphatic rings. The average Bonchev–Trinajstić information content (AvgIpc) is 2.28. The molecule has 0 nitrogen and oxygen atoms in total. The molecule has 92 valence electrons. The van der Waals surface area contributed by atoms with Gasteiger partial charge >= 0.3 is 0 Å². The van der Waals surface area contributed by atoms with Crippen molar-refractivity contribution in [1.29, 1.82) is 0 Å². The summed E-state index contributed by atoms with van der Waals surface area (Å²) < 4.78 is 0. The molecule has 0 saturated heterocycles. The van der Waals surface area contributed by atoms with Crippen LogP contribution in [0, 0.1) is 11.3 Å². The largest absolute Gasteiger partial charge is 0.0777 e. The molecular formula is C16H28. The number of hydrogen-bond donors (Lipinski definition) is 0. The molecule has 2 atom stereocenters. The first-order chi connectivity index (χ1) is 7.62. The van der Waals surface area contributed by atoms with Gasteiger partial charge in [0.1, 0.15) is 0 Å². The molecule has 0 spiro atoms. The second-order valence-corrected chi connectivity index (χ2v) is 5.60. The van der Waals surface area contributed by atoms with Crippen LogP contribution < -0.4 is 0 Å². The number of unbranched alkanes of at least 4 members (excludes halogenated alkanes) is 2. The summed E-state index contributed by atoms with van der Waals surface area (Å²) in [6, 6.07) is 0. The lowest BCUT2D eigenvalue weighted by Crippen LogP contribution is -2.26. The van der Waals surface area contributed by atoms with Crippen molar-refractivity contribution < 1.29 is 0 Å². The molecule has 0 bridgehead atoms. The Bertz CT molecular complexity index is 259. The van der Waals surface area contributed by atoms with E-state index < -0.39 is 0 Å². The van der Waals surface area contributed by atoms with Crippen molar-refractivity contribution in [2.24, 2.45) is 11.3 Å². The van der Waals surface area contributed by atoms with Crippen molar-refractivity contribution in [3.05, 3.63) is 23.8 Å². The molecule has 0 heteroatoms. The predicted octanol–water partition coefficient (Wildman–Crippen LogP) is 5.51. The maximum atomic E-state index is 2.51. The molecule has 1 aliphatic carbocycles. The Hall–Kier alpha value is -0.520. The van der Waals surface area contributed by atoms with E-state index in [1.54, 1.807) is 0 Å². The van der Waals surface area contributed by atoms with Crippen molar-refractivity contribution in [3.63, 3.8) is 0 Å². The van der Waals surface area contributed by atoms with Gasteiger partial charge in [-0.25, -0.2) is 0 Å². The Balaban J connectivity index is 2.68. The van der Waals surface area contributed by atoms with Crippen LogP contribution >= 0.6 is 0 Å². The maximum absolute atomic E-state index is 2.51. The van der Waals surface area contributed by atoms with Crippen molar-refractivity contribution in [1.82, 2.24) is 0 Å². The van der Waals surface area contributed by atoms with E-state index in [4.69, 9.17) is 0 Å². The smallest absolute Gasteiger partial charge is 0.00804 e. The summed E-state index contributed by atoms with van der Waals surface area (Å²) in [4.78, 5) is 0. The zero-order valence-electron chi connectivity index (χ0n) is 11.6. The summed E-state index contributed by atoms with van der Waals surface area (Å²) in [6.45, 7) is 9.26. The molecule has 1 rings (SSSR count). The van der Waals surface area contributed by atoms with E-state index in [1.807, 2.05) is 0 Å². The lowest BCUT2D eigenvalue weighted by Gasteiger charge is -2.36. The van der Waals surface area contributed by atoms with Gasteiger partial charge in [0.25, 0.3) is 0 Å². The zero-order chi connectivity index (χ0) is 12.0. The molecule has 0 aromatic heterocycles. The van der Waals surface area contributed by atoms with Gasteiger partial charge in [0.2, 0.25) is 0 Å². The zero-order valence-corrected chi connectivity index (χ0v) is 11.6. The van der Waals surface area contributed by atoms with E-state index in [-0.39, 0.29) is 0 Å². The summed E-state index contributed by atoms with van der Waals surface area (Å²) in [5.41, 5.74) is 1.88. The molecule has 0 aromatic rings. The second kappa shape index (κ2) is 6.27. The first-order valence-electron chi connectivity index (χ1n) is 7.00. The Morgan fingerprint density at radius 2 is 1.88 bits per heavy atom. The molecule has 0 aliphatic heterocycles. The first kappa shape index (κ1) is 13.5. The van der Waals surface area contributed by atoms with E-state index in [0.29, 0.717) is 5.41 Å². The quantitative estimate of drug-likeness (QED) is 0.554. The van der Waals surface area contributed by atoms with Crippen LogP contribution in [0.3, 0.4) is 0 Å². The van der Waals surface area contributed by atoms with Crippen LogP contribution in [0.4, 0.5) is 0 Å². The summed E-state index contributed by atoms with van der Waals surface area (Å²) in [5.74, 6) is 0.768. The minimum Gasteiger partial charge on any atom is -0.0777 e. The van der Waals surface area contributed by atoms with E-state index in [9.17, 15) is 0 Å². The van der Waals surface area contributed by atoms with E-state index >= 15 is 0 Å². The summed E-state index contributed by atoms with van der Waals surface area (Å²) in [7, 11) is 0. The Kier molecular flexibility index (Phi) is 5.31. The van der Waals surface area contributed by atoms with Gasteiger partial charge in [0.15, 0.2) is 0 Å². The van der Waals surface area contributed by atoms with Crippen molar-refractivity contribution >= 4 is 0 Å². The van der Waals surface area contributed by atoms with Crippen LogP contribution in [0.5, 0.6) is 0 Å². The standard InChI is InChI=1S/C16H28/c1-5-7-9-15-13-14(3)10-12-16(15,4)11-8-6-2/h10,12-13,15H,5-9,11H2,1-4H3. The fourth-order valence-electron chi connectivity index (χ4n) is 2.67. The Morgan fingerprint density at radius 1 is 1.19 bits per heavy atom. The molecule has 0 N–H and O–H groups in total. The lowest BCUT2D eigenvalue weighted by atomic mass is 9.68. The molecule has 0 saturated carbocycles. The van der Waals surface area contributed by atoms with Crippen LogP contribution in [-0.2, 0) is 0 Å². The number of hydrogen-bond acceptors (Lipinski definition) is 0. The van der Waals surface area contributed by atoms with Gasteiger partial charge in [-0.05, 0) is 31.1 Å².